The van der Waals surface area contributed by atoms with Crippen LogP contribution >= 0.6 is 0 Å². The third-order valence-electron chi connectivity index (χ3n) is 4.11. The van der Waals surface area contributed by atoms with Gasteiger partial charge in [-0.3, -0.25) is 0 Å². The second-order valence-electron chi connectivity index (χ2n) is 5.23. The number of nitrogens with zero attached hydrogens (tertiary/aromatic N) is 1. The summed E-state index contributed by atoms with van der Waals surface area (Å²) in [5, 5.41) is 3.82. The van der Waals surface area contributed by atoms with Gasteiger partial charge in [0.25, 0.3) is 0 Å². The lowest BCUT2D eigenvalue weighted by Gasteiger charge is -2.35. The van der Waals surface area contributed by atoms with Crippen molar-refractivity contribution < 1.29 is 0 Å². The van der Waals surface area contributed by atoms with E-state index in [9.17, 15) is 0 Å². The van der Waals surface area contributed by atoms with Crippen LogP contribution in [0, 0.1) is 5.92 Å². The van der Waals surface area contributed by atoms with Crippen molar-refractivity contribution in [1.29, 1.82) is 0 Å². The highest BCUT2D eigenvalue weighted by Crippen LogP contribution is 2.34. The van der Waals surface area contributed by atoms with E-state index in [1.807, 2.05) is 0 Å². The number of hydrogen-bond acceptors (Lipinski definition) is 2. The predicted octanol–water partition coefficient (Wildman–Crippen LogP) is 1.86. The van der Waals surface area contributed by atoms with Gasteiger partial charge in [-0.2, -0.15) is 0 Å². The number of hydrogen-bond donors (Lipinski definition) is 1. The molecule has 14 heavy (non-hydrogen) atoms. The molecule has 82 valence electrons. The Kier molecular flexibility index (Phi) is 3.13. The molecule has 2 rings (SSSR count). The van der Waals surface area contributed by atoms with Crippen molar-refractivity contribution in [2.24, 2.45) is 5.92 Å². The van der Waals surface area contributed by atoms with E-state index >= 15 is 0 Å². The van der Waals surface area contributed by atoms with Crippen LogP contribution in [0.25, 0.3) is 0 Å². The highest BCUT2D eigenvalue weighted by Gasteiger charge is 2.37. The first-order valence-electron chi connectivity index (χ1n) is 6.17. The molecule has 1 aliphatic heterocycles. The van der Waals surface area contributed by atoms with E-state index in [0.717, 1.165) is 24.0 Å². The summed E-state index contributed by atoms with van der Waals surface area (Å²) in [7, 11) is 2.24. The van der Waals surface area contributed by atoms with Crippen LogP contribution in [0.15, 0.2) is 0 Å². The van der Waals surface area contributed by atoms with Crippen LogP contribution in [-0.2, 0) is 0 Å². The Morgan fingerprint density at radius 2 is 2.14 bits per heavy atom. The summed E-state index contributed by atoms with van der Waals surface area (Å²) < 4.78 is 0. The maximum Gasteiger partial charge on any atom is 0.0102 e. The molecular formula is C12H24N2. The molecule has 0 amide bonds. The maximum absolute atomic E-state index is 3.82. The normalized spacial score (nSPS) is 43.9. The quantitative estimate of drug-likeness (QED) is 0.741. The number of nitrogens with one attached hydrogen (secondary N) is 1. The van der Waals surface area contributed by atoms with Gasteiger partial charge in [-0.25, -0.2) is 0 Å². The third kappa shape index (κ3) is 2.29. The fourth-order valence-corrected chi connectivity index (χ4v) is 2.65. The number of rotatable bonds is 3. The van der Waals surface area contributed by atoms with E-state index in [2.05, 4.69) is 31.1 Å². The van der Waals surface area contributed by atoms with Gasteiger partial charge in [-0.15, -0.1) is 0 Å². The zero-order chi connectivity index (χ0) is 10.1. The van der Waals surface area contributed by atoms with Gasteiger partial charge in [0.05, 0.1) is 0 Å². The summed E-state index contributed by atoms with van der Waals surface area (Å²) in [6, 6.07) is 2.42. The van der Waals surface area contributed by atoms with Gasteiger partial charge in [0.15, 0.2) is 0 Å². The van der Waals surface area contributed by atoms with Gasteiger partial charge < -0.3 is 10.2 Å². The van der Waals surface area contributed by atoms with Crippen molar-refractivity contribution in [3.8, 4) is 0 Å². The van der Waals surface area contributed by atoms with Crippen molar-refractivity contribution in [1.82, 2.24) is 10.2 Å². The van der Waals surface area contributed by atoms with Gasteiger partial charge in [-0.05, 0) is 45.7 Å². The largest absolute Gasteiger partial charge is 0.311 e. The van der Waals surface area contributed by atoms with Crippen LogP contribution in [0.2, 0.25) is 0 Å². The van der Waals surface area contributed by atoms with Crippen molar-refractivity contribution in [3.05, 3.63) is 0 Å². The molecule has 2 heteroatoms. The lowest BCUT2D eigenvalue weighted by Crippen LogP contribution is -2.46. The van der Waals surface area contributed by atoms with Gasteiger partial charge in [-0.1, -0.05) is 13.3 Å². The second kappa shape index (κ2) is 4.19. The molecule has 1 N–H and O–H groups in total. The lowest BCUT2D eigenvalue weighted by atomic mass is 9.99. The summed E-state index contributed by atoms with van der Waals surface area (Å²) in [4.78, 5) is 2.47. The Labute approximate surface area is 88.1 Å². The van der Waals surface area contributed by atoms with E-state index < -0.39 is 0 Å². The molecule has 4 unspecified atom stereocenters. The van der Waals surface area contributed by atoms with E-state index in [1.54, 1.807) is 0 Å². The summed E-state index contributed by atoms with van der Waals surface area (Å²) in [6.07, 6.45) is 5.47. The van der Waals surface area contributed by atoms with E-state index in [4.69, 9.17) is 0 Å². The molecule has 0 spiro atoms. The molecule has 2 nitrogen and oxygen atoms in total. The molecule has 1 heterocycles. The Morgan fingerprint density at radius 1 is 1.36 bits per heavy atom. The lowest BCUT2D eigenvalue weighted by molar-refractivity contribution is 0.167. The number of likely N-dealkylation sites (tertiary alicyclic amines) is 1. The van der Waals surface area contributed by atoms with Crippen LogP contribution in [0.5, 0.6) is 0 Å². The average molecular weight is 196 g/mol. The molecule has 0 aromatic heterocycles. The second-order valence-corrected chi connectivity index (χ2v) is 5.23. The van der Waals surface area contributed by atoms with Gasteiger partial charge in [0.2, 0.25) is 0 Å². The molecule has 2 aliphatic rings. The van der Waals surface area contributed by atoms with Gasteiger partial charge in [0.1, 0.15) is 0 Å². The molecule has 0 aromatic carbocycles. The molecule has 0 bridgehead atoms. The van der Waals surface area contributed by atoms with Gasteiger partial charge >= 0.3 is 0 Å². The molecule has 1 saturated heterocycles. The fourth-order valence-electron chi connectivity index (χ4n) is 2.65. The van der Waals surface area contributed by atoms with Crippen molar-refractivity contribution in [2.45, 2.75) is 57.7 Å². The topological polar surface area (TPSA) is 15.3 Å². The van der Waals surface area contributed by atoms with Crippen LogP contribution in [0.3, 0.4) is 0 Å². The first-order valence-corrected chi connectivity index (χ1v) is 6.17. The molecule has 4 atom stereocenters. The highest BCUT2D eigenvalue weighted by atomic mass is 15.2. The van der Waals surface area contributed by atoms with Crippen molar-refractivity contribution in [2.75, 3.05) is 13.6 Å². The fraction of sp³-hybridized carbons (Fsp3) is 1.00. The molecule has 1 saturated carbocycles. The Balaban J connectivity index is 1.72. The summed E-state index contributed by atoms with van der Waals surface area (Å²) >= 11 is 0. The molecule has 1 aliphatic carbocycles. The molecule has 0 aromatic rings. The first kappa shape index (κ1) is 10.4. The average Bonchev–Trinajstić information content (AvgIpc) is 2.90. The molecular weight excluding hydrogens is 172 g/mol. The zero-order valence-electron chi connectivity index (χ0n) is 9.79. The monoisotopic (exact) mass is 196 g/mol. The first-order chi connectivity index (χ1) is 6.70. The van der Waals surface area contributed by atoms with Crippen molar-refractivity contribution >= 4 is 0 Å². The Bertz CT molecular complexity index is 193. The van der Waals surface area contributed by atoms with Crippen molar-refractivity contribution in [3.63, 3.8) is 0 Å². The van der Waals surface area contributed by atoms with Crippen LogP contribution in [0.1, 0.15) is 39.5 Å². The smallest absolute Gasteiger partial charge is 0.0102 e. The summed E-state index contributed by atoms with van der Waals surface area (Å²) in [5.74, 6) is 0.991. The van der Waals surface area contributed by atoms with E-state index in [-0.39, 0.29) is 0 Å². The standard InChI is InChI=1S/C12H24N2/c1-4-10-8-12(10)13-11-5-6-14(3)9(2)7-11/h9-13H,4-8H2,1-3H3. The number of piperidine rings is 1. The van der Waals surface area contributed by atoms with E-state index in [0.29, 0.717) is 0 Å². The zero-order valence-corrected chi connectivity index (χ0v) is 9.79. The minimum atomic E-state index is 0.764. The van der Waals surface area contributed by atoms with E-state index in [1.165, 1.54) is 32.2 Å². The minimum Gasteiger partial charge on any atom is -0.311 e. The molecule has 2 fully saturated rings. The highest BCUT2D eigenvalue weighted by molar-refractivity contribution is 4.95. The molecule has 0 radical (unpaired) electrons. The van der Waals surface area contributed by atoms with Gasteiger partial charge in [0, 0.05) is 18.1 Å². The minimum absolute atomic E-state index is 0.764. The van der Waals surface area contributed by atoms with Crippen LogP contribution in [-0.4, -0.2) is 36.6 Å². The van der Waals surface area contributed by atoms with Crippen LogP contribution < -0.4 is 5.32 Å². The maximum atomic E-state index is 3.82. The summed E-state index contributed by atoms with van der Waals surface area (Å²) in [6.45, 7) is 5.92. The SMILES string of the molecule is CCC1CC1NC1CCN(C)C(C)C1. The Hall–Kier alpha value is -0.0800. The Morgan fingerprint density at radius 3 is 2.71 bits per heavy atom. The third-order valence-corrected chi connectivity index (χ3v) is 4.11. The summed E-state index contributed by atoms with van der Waals surface area (Å²) in [5.41, 5.74) is 0. The predicted molar refractivity (Wildman–Crippen MR) is 60.4 cm³/mol. The van der Waals surface area contributed by atoms with Crippen LogP contribution in [0.4, 0.5) is 0 Å².